The highest BCUT2D eigenvalue weighted by Gasteiger charge is 2.38. The number of hydrogen-bond acceptors (Lipinski definition) is 16. The lowest BCUT2D eigenvalue weighted by molar-refractivity contribution is -0.143. The third-order valence-electron chi connectivity index (χ3n) is 12.3. The minimum atomic E-state index is -1.94. The maximum Gasteiger partial charge on any atom is 0.326 e. The number of benzene rings is 1. The number of carbonyl (C=O) groups excluding carboxylic acids is 8. The van der Waals surface area contributed by atoms with Gasteiger partial charge in [0.2, 0.25) is 47.3 Å². The Morgan fingerprint density at radius 1 is 0.493 bits per heavy atom. The van der Waals surface area contributed by atoms with Crippen molar-refractivity contribution in [3.63, 3.8) is 0 Å². The molecule has 0 aromatic heterocycles. The van der Waals surface area contributed by atoms with Crippen molar-refractivity contribution in [2.75, 3.05) is 19.7 Å². The number of carboxylic acids is 3. The van der Waals surface area contributed by atoms with E-state index in [0.29, 0.717) is 37.8 Å². The highest BCUT2D eigenvalue weighted by Crippen LogP contribution is 2.15. The van der Waals surface area contributed by atoms with Crippen molar-refractivity contribution in [1.82, 2.24) is 42.5 Å². The molecular formula is C48H79N11O16. The van der Waals surface area contributed by atoms with E-state index in [9.17, 15) is 78.3 Å². The normalized spacial score (nSPS) is 15.9. The third kappa shape index (κ3) is 23.9. The summed E-state index contributed by atoms with van der Waals surface area (Å²) in [5.74, 6) is -14.2. The van der Waals surface area contributed by atoms with Gasteiger partial charge in [-0.05, 0) is 69.5 Å². The topological polar surface area (TPSA) is 463 Å². The molecule has 1 aromatic rings. The third-order valence-corrected chi connectivity index (χ3v) is 12.3. The molecule has 12 atom stereocenters. The first-order chi connectivity index (χ1) is 35.3. The predicted octanol–water partition coefficient (Wildman–Crippen LogP) is -3.81. The van der Waals surface area contributed by atoms with E-state index in [4.69, 9.17) is 17.2 Å². The number of aliphatic hydroxyl groups is 2. The Morgan fingerprint density at radius 2 is 0.880 bits per heavy atom. The second kappa shape index (κ2) is 34.6. The molecule has 1 aromatic carbocycles. The molecule has 0 saturated heterocycles. The predicted molar refractivity (Wildman–Crippen MR) is 269 cm³/mol. The Bertz CT molecular complexity index is 2070. The summed E-state index contributed by atoms with van der Waals surface area (Å²) in [6.07, 6.45) is -1.70. The van der Waals surface area contributed by atoms with Gasteiger partial charge in [-0.25, -0.2) is 4.79 Å². The second-order valence-corrected chi connectivity index (χ2v) is 18.4. The van der Waals surface area contributed by atoms with Crippen molar-refractivity contribution >= 4 is 65.2 Å². The van der Waals surface area contributed by atoms with Crippen LogP contribution in [0.15, 0.2) is 30.3 Å². The Hall–Kier alpha value is -6.81. The minimum absolute atomic E-state index is 0.0690. The number of unbranched alkanes of at least 4 members (excludes halogenated alkanes) is 2. The van der Waals surface area contributed by atoms with Crippen LogP contribution in [-0.4, -0.2) is 171 Å². The molecule has 0 aliphatic carbocycles. The number of aliphatic hydroxyl groups excluding tert-OH is 2. The van der Waals surface area contributed by atoms with Gasteiger partial charge in [0.05, 0.1) is 31.6 Å². The molecule has 0 aliphatic rings. The molecule has 27 nitrogen and oxygen atoms in total. The molecule has 0 radical (unpaired) electrons. The summed E-state index contributed by atoms with van der Waals surface area (Å²) >= 11 is 0. The number of aliphatic carboxylic acids is 3. The molecule has 0 saturated carbocycles. The van der Waals surface area contributed by atoms with Crippen LogP contribution in [0.3, 0.4) is 0 Å². The van der Waals surface area contributed by atoms with Gasteiger partial charge >= 0.3 is 17.9 Å². The first-order valence-corrected chi connectivity index (χ1v) is 24.9. The Morgan fingerprint density at radius 3 is 1.33 bits per heavy atom. The van der Waals surface area contributed by atoms with Crippen molar-refractivity contribution < 1.29 is 78.3 Å². The van der Waals surface area contributed by atoms with E-state index >= 15 is 0 Å². The summed E-state index contributed by atoms with van der Waals surface area (Å²) in [6.45, 7) is 7.05. The first-order valence-electron chi connectivity index (χ1n) is 24.9. The molecular weight excluding hydrogens is 987 g/mol. The van der Waals surface area contributed by atoms with Crippen molar-refractivity contribution in [3.05, 3.63) is 35.9 Å². The minimum Gasteiger partial charge on any atom is -0.481 e. The standard InChI is InChI=1S/C48H79N11O16/c1-6-25(3)37(45(71)55-33(48(74)75)21-28-15-9-8-10-16-28)58-46(72)38(26(4)7-2)57-42(68)32(23-36(64)65)54-44(70)34(24-60)56-41(67)30(18-12-14-20-50)52-47(73)39(27(5)61)59-43(69)31(22-35(62)63)53-40(66)29(51)17-11-13-19-49/h8-10,15-16,25-27,29-34,37-39,60-61H,6-7,11-14,17-24,49-51H2,1-5H3,(H,52,73)(H,53,66)(H,54,70)(H,55,71)(H,56,67)(H,57,68)(H,58,72)(H,59,69)(H,62,63)(H,64,65)(H,74,75)/t25-,26-,27+,29-,30-,31-,32-,33-,34-,37-,38-,39-/m0/s1. The number of amides is 8. The Balaban J connectivity index is 3.36. The van der Waals surface area contributed by atoms with E-state index in [1.165, 1.54) is 0 Å². The van der Waals surface area contributed by atoms with E-state index in [-0.39, 0.29) is 38.6 Å². The molecule has 1 rings (SSSR count). The fraction of sp³-hybridized carbons (Fsp3) is 0.646. The second-order valence-electron chi connectivity index (χ2n) is 18.4. The lowest BCUT2D eigenvalue weighted by Crippen LogP contribution is -2.62. The lowest BCUT2D eigenvalue weighted by atomic mass is 9.94. The van der Waals surface area contributed by atoms with Crippen LogP contribution in [0.25, 0.3) is 0 Å². The van der Waals surface area contributed by atoms with Crippen molar-refractivity contribution in [1.29, 1.82) is 0 Å². The SMILES string of the molecule is CC[C@H](C)[C@H](NC(=O)[C@H](CC(=O)O)NC(=O)[C@H](CO)NC(=O)[C@H](CCCCN)NC(=O)[C@@H](NC(=O)[C@H](CC(=O)O)NC(=O)[C@@H](N)CCCCN)[C@@H](C)O)C(=O)N[C@H](C(=O)N[C@@H](Cc1ccccc1)C(=O)O)[C@@H](C)CC. The molecule has 75 heavy (non-hydrogen) atoms. The zero-order valence-electron chi connectivity index (χ0n) is 43.2. The molecule has 27 heteroatoms. The first kappa shape index (κ1) is 66.2. The van der Waals surface area contributed by atoms with Gasteiger partial charge in [-0.3, -0.25) is 47.9 Å². The Kier molecular flexibility index (Phi) is 30.6. The highest BCUT2D eigenvalue weighted by atomic mass is 16.4. The zero-order chi connectivity index (χ0) is 56.9. The Labute approximate surface area is 435 Å². The average Bonchev–Trinajstić information content (AvgIpc) is 3.35. The number of carboxylic acid groups (broad SMARTS) is 3. The van der Waals surface area contributed by atoms with Gasteiger partial charge in [0, 0.05) is 6.42 Å². The quantitative estimate of drug-likeness (QED) is 0.0284. The van der Waals surface area contributed by atoms with Crippen LogP contribution in [0, 0.1) is 11.8 Å². The van der Waals surface area contributed by atoms with Crippen LogP contribution in [0.4, 0.5) is 0 Å². The maximum absolute atomic E-state index is 14.0. The number of carbonyl (C=O) groups is 11. The fourth-order valence-corrected chi connectivity index (χ4v) is 7.32. The van der Waals surface area contributed by atoms with Crippen molar-refractivity contribution in [3.8, 4) is 0 Å². The van der Waals surface area contributed by atoms with E-state index in [1.807, 2.05) is 0 Å². The van der Waals surface area contributed by atoms with Crippen LogP contribution < -0.4 is 59.7 Å². The number of nitrogens with one attached hydrogen (secondary N) is 8. The summed E-state index contributed by atoms with van der Waals surface area (Å²) in [4.78, 5) is 144. The van der Waals surface area contributed by atoms with E-state index in [0.717, 1.165) is 6.92 Å². The van der Waals surface area contributed by atoms with Gasteiger partial charge in [0.25, 0.3) is 0 Å². The molecule has 19 N–H and O–H groups in total. The van der Waals surface area contributed by atoms with E-state index in [1.54, 1.807) is 58.0 Å². The number of hydrogen-bond donors (Lipinski definition) is 16. The monoisotopic (exact) mass is 1070 g/mol. The summed E-state index contributed by atoms with van der Waals surface area (Å²) in [7, 11) is 0. The van der Waals surface area contributed by atoms with Gasteiger partial charge in [-0.15, -0.1) is 0 Å². The smallest absolute Gasteiger partial charge is 0.326 e. The molecule has 0 aliphatic heterocycles. The highest BCUT2D eigenvalue weighted by molar-refractivity contribution is 5.99. The summed E-state index contributed by atoms with van der Waals surface area (Å²) < 4.78 is 0. The number of rotatable bonds is 37. The molecule has 0 bridgehead atoms. The summed E-state index contributed by atoms with van der Waals surface area (Å²) in [6, 6.07) is -5.82. The van der Waals surface area contributed by atoms with Crippen LogP contribution in [0.1, 0.15) is 104 Å². The van der Waals surface area contributed by atoms with Gasteiger partial charge < -0.3 is 85.3 Å². The van der Waals surface area contributed by atoms with Crippen molar-refractivity contribution in [2.24, 2.45) is 29.0 Å². The van der Waals surface area contributed by atoms with E-state index < -0.39 is 157 Å². The molecule has 422 valence electrons. The van der Waals surface area contributed by atoms with E-state index in [2.05, 4.69) is 42.5 Å². The van der Waals surface area contributed by atoms with Gasteiger partial charge in [-0.2, -0.15) is 0 Å². The molecule has 0 heterocycles. The van der Waals surface area contributed by atoms with Crippen LogP contribution >= 0.6 is 0 Å². The number of nitrogens with two attached hydrogens (primary N) is 3. The van der Waals surface area contributed by atoms with Gasteiger partial charge in [0.1, 0.15) is 48.3 Å². The molecule has 0 spiro atoms. The fourth-order valence-electron chi connectivity index (χ4n) is 7.32. The van der Waals surface area contributed by atoms with Crippen LogP contribution in [0.5, 0.6) is 0 Å². The molecule has 0 unspecified atom stereocenters. The molecule has 8 amide bonds. The van der Waals surface area contributed by atoms with Crippen LogP contribution in [0.2, 0.25) is 0 Å². The largest absolute Gasteiger partial charge is 0.481 e. The average molecular weight is 1070 g/mol. The van der Waals surface area contributed by atoms with Gasteiger partial charge in [-0.1, -0.05) is 77.3 Å². The maximum atomic E-state index is 14.0. The van der Waals surface area contributed by atoms with Crippen LogP contribution in [-0.2, 0) is 59.2 Å². The summed E-state index contributed by atoms with van der Waals surface area (Å²) in [5, 5.41) is 68.6. The van der Waals surface area contributed by atoms with Crippen molar-refractivity contribution in [2.45, 2.75) is 166 Å². The lowest BCUT2D eigenvalue weighted by Gasteiger charge is -2.30. The van der Waals surface area contributed by atoms with Gasteiger partial charge in [0.15, 0.2) is 0 Å². The zero-order valence-corrected chi connectivity index (χ0v) is 43.2. The summed E-state index contributed by atoms with van der Waals surface area (Å²) in [5.41, 5.74) is 17.6. The molecule has 0 fully saturated rings.